The lowest BCUT2D eigenvalue weighted by Gasteiger charge is -2.42. The van der Waals surface area contributed by atoms with Crippen molar-refractivity contribution in [2.75, 3.05) is 0 Å². The van der Waals surface area contributed by atoms with E-state index in [4.69, 9.17) is 4.74 Å². The summed E-state index contributed by atoms with van der Waals surface area (Å²) >= 11 is 0. The first kappa shape index (κ1) is 13.4. The van der Waals surface area contributed by atoms with Gasteiger partial charge in [0.2, 0.25) is 0 Å². The Kier molecular flexibility index (Phi) is 3.18. The first-order chi connectivity index (χ1) is 10.9. The fourth-order valence-corrected chi connectivity index (χ4v) is 5.76. The van der Waals surface area contributed by atoms with Crippen molar-refractivity contribution in [2.45, 2.75) is 57.2 Å². The summed E-state index contributed by atoms with van der Waals surface area (Å²) in [6.45, 7) is 0. The van der Waals surface area contributed by atoms with Gasteiger partial charge in [-0.05, 0) is 49.2 Å². The molecule has 5 aliphatic rings. The summed E-state index contributed by atoms with van der Waals surface area (Å²) in [7, 11) is 0. The molecule has 2 fully saturated rings. The van der Waals surface area contributed by atoms with E-state index in [9.17, 15) is 0 Å². The molecular formula is C21H26O. The molecule has 22 heavy (non-hydrogen) atoms. The molecular weight excluding hydrogens is 268 g/mol. The van der Waals surface area contributed by atoms with E-state index in [0.29, 0.717) is 30.0 Å². The van der Waals surface area contributed by atoms with Crippen LogP contribution in [0, 0.1) is 23.7 Å². The molecule has 1 aliphatic heterocycles. The minimum Gasteiger partial charge on any atom is -0.369 e. The van der Waals surface area contributed by atoms with Crippen LogP contribution in [0.1, 0.15) is 44.9 Å². The first-order valence-corrected chi connectivity index (χ1v) is 9.33. The molecule has 4 aliphatic carbocycles. The molecule has 1 nitrogen and oxygen atoms in total. The lowest BCUT2D eigenvalue weighted by Crippen LogP contribution is -2.39. The molecule has 0 N–H and O–H groups in total. The maximum absolute atomic E-state index is 6.66. The fourth-order valence-electron chi connectivity index (χ4n) is 5.76. The normalized spacial score (nSPS) is 45.8. The van der Waals surface area contributed by atoms with Gasteiger partial charge in [-0.25, -0.2) is 0 Å². The Balaban J connectivity index is 1.67. The molecule has 1 saturated carbocycles. The van der Waals surface area contributed by atoms with Gasteiger partial charge in [0.05, 0.1) is 12.2 Å². The highest BCUT2D eigenvalue weighted by Gasteiger charge is 2.51. The summed E-state index contributed by atoms with van der Waals surface area (Å²) in [5.74, 6) is 2.74. The van der Waals surface area contributed by atoms with E-state index in [1.165, 1.54) is 38.5 Å². The maximum Gasteiger partial charge on any atom is 0.0864 e. The largest absolute Gasteiger partial charge is 0.369 e. The predicted molar refractivity (Wildman–Crippen MR) is 89.4 cm³/mol. The fraction of sp³-hybridized carbons (Fsp3) is 0.619. The predicted octanol–water partition coefficient (Wildman–Crippen LogP) is 4.97. The van der Waals surface area contributed by atoms with Crippen LogP contribution in [0.15, 0.2) is 47.6 Å². The second kappa shape index (κ2) is 5.23. The van der Waals surface area contributed by atoms with Crippen molar-refractivity contribution >= 4 is 0 Å². The summed E-state index contributed by atoms with van der Waals surface area (Å²) in [5.41, 5.74) is 3.34. The van der Waals surface area contributed by atoms with E-state index in [-0.39, 0.29) is 0 Å². The molecule has 0 radical (unpaired) electrons. The van der Waals surface area contributed by atoms with Crippen LogP contribution in [0.25, 0.3) is 0 Å². The number of hydrogen-bond donors (Lipinski definition) is 0. The smallest absolute Gasteiger partial charge is 0.0864 e. The van der Waals surface area contributed by atoms with E-state index in [2.05, 4.69) is 36.5 Å². The van der Waals surface area contributed by atoms with Crippen LogP contribution in [0.4, 0.5) is 0 Å². The minimum absolute atomic E-state index is 0.386. The molecule has 0 bridgehead atoms. The number of ether oxygens (including phenoxy) is 1. The Morgan fingerprint density at radius 3 is 2.91 bits per heavy atom. The molecule has 0 amide bonds. The molecule has 0 aromatic rings. The highest BCUT2D eigenvalue weighted by atomic mass is 16.5. The lowest BCUT2D eigenvalue weighted by atomic mass is 9.62. The van der Waals surface area contributed by atoms with E-state index in [1.807, 2.05) is 0 Å². The molecule has 1 heteroatoms. The minimum atomic E-state index is 0.386. The molecule has 6 atom stereocenters. The van der Waals surface area contributed by atoms with Crippen molar-refractivity contribution in [2.24, 2.45) is 23.7 Å². The third-order valence-corrected chi connectivity index (χ3v) is 6.67. The van der Waals surface area contributed by atoms with Crippen LogP contribution in [0.5, 0.6) is 0 Å². The van der Waals surface area contributed by atoms with Crippen molar-refractivity contribution in [3.05, 3.63) is 47.6 Å². The molecule has 5 rings (SSSR count). The quantitative estimate of drug-likeness (QED) is 0.573. The number of hydrogen-bond acceptors (Lipinski definition) is 1. The molecule has 116 valence electrons. The Bertz CT molecular complexity index is 579. The van der Waals surface area contributed by atoms with Gasteiger partial charge < -0.3 is 4.74 Å². The topological polar surface area (TPSA) is 9.23 Å². The monoisotopic (exact) mass is 294 g/mol. The van der Waals surface area contributed by atoms with E-state index in [0.717, 1.165) is 12.3 Å². The van der Waals surface area contributed by atoms with Crippen LogP contribution >= 0.6 is 0 Å². The highest BCUT2D eigenvalue weighted by molar-refractivity contribution is 5.43. The van der Waals surface area contributed by atoms with Gasteiger partial charge in [0.25, 0.3) is 0 Å². The second-order valence-corrected chi connectivity index (χ2v) is 7.74. The van der Waals surface area contributed by atoms with Gasteiger partial charge in [0.15, 0.2) is 0 Å². The zero-order chi connectivity index (χ0) is 14.5. The van der Waals surface area contributed by atoms with Crippen LogP contribution in [-0.2, 0) is 4.74 Å². The average molecular weight is 294 g/mol. The van der Waals surface area contributed by atoms with Gasteiger partial charge in [0.1, 0.15) is 0 Å². The number of allylic oxidation sites excluding steroid dienone is 6. The van der Waals surface area contributed by atoms with Crippen LogP contribution in [0.2, 0.25) is 0 Å². The van der Waals surface area contributed by atoms with Gasteiger partial charge in [-0.1, -0.05) is 49.3 Å². The van der Waals surface area contributed by atoms with Crippen molar-refractivity contribution in [1.82, 2.24) is 0 Å². The van der Waals surface area contributed by atoms with Gasteiger partial charge in [0, 0.05) is 17.8 Å². The molecule has 5 unspecified atom stereocenters. The third-order valence-electron chi connectivity index (χ3n) is 6.67. The van der Waals surface area contributed by atoms with Gasteiger partial charge >= 0.3 is 0 Å². The molecule has 0 aromatic carbocycles. The highest BCUT2D eigenvalue weighted by Crippen LogP contribution is 2.55. The molecule has 1 saturated heterocycles. The van der Waals surface area contributed by atoms with Crippen molar-refractivity contribution in [3.8, 4) is 0 Å². The first-order valence-electron chi connectivity index (χ1n) is 9.33. The summed E-state index contributed by atoms with van der Waals surface area (Å²) < 4.78 is 6.66. The van der Waals surface area contributed by atoms with Crippen molar-refractivity contribution < 1.29 is 4.74 Å². The van der Waals surface area contributed by atoms with E-state index in [1.54, 1.807) is 11.1 Å². The molecule has 0 aromatic heterocycles. The van der Waals surface area contributed by atoms with E-state index >= 15 is 0 Å². The van der Waals surface area contributed by atoms with Crippen LogP contribution in [0.3, 0.4) is 0 Å². The van der Waals surface area contributed by atoms with Crippen LogP contribution in [-0.4, -0.2) is 12.2 Å². The Morgan fingerprint density at radius 1 is 0.955 bits per heavy atom. The third kappa shape index (κ3) is 1.88. The summed E-state index contributed by atoms with van der Waals surface area (Å²) in [4.78, 5) is 0. The SMILES string of the molecule is C1=CC2=C3C4CCCCC4O[C@H]3C3C=CCCC3C2C=CC1. The standard InChI is InChI=1S/C21H26O/c1-2-8-14-15-9-4-5-11-17(15)21-20(16(14)10-3-1)18-12-6-7-13-19(18)22-21/h2-3,5,8,10-11,14-15,17-19,21H,1,4,6-7,9,12-13H2/t14?,15?,17?,18?,19?,21-/m0/s1. The number of rotatable bonds is 0. The molecule has 1 heterocycles. The Morgan fingerprint density at radius 2 is 1.91 bits per heavy atom. The van der Waals surface area contributed by atoms with Gasteiger partial charge in [-0.3, -0.25) is 0 Å². The van der Waals surface area contributed by atoms with Crippen LogP contribution < -0.4 is 0 Å². The maximum atomic E-state index is 6.66. The lowest BCUT2D eigenvalue weighted by molar-refractivity contribution is -0.0131. The number of fused-ring (bicyclic) bond motifs is 7. The Labute approximate surface area is 133 Å². The zero-order valence-electron chi connectivity index (χ0n) is 13.3. The van der Waals surface area contributed by atoms with Gasteiger partial charge in [-0.15, -0.1) is 0 Å². The van der Waals surface area contributed by atoms with Gasteiger partial charge in [-0.2, -0.15) is 0 Å². The average Bonchev–Trinajstić information content (AvgIpc) is 2.78. The Hall–Kier alpha value is -1.08. The summed E-state index contributed by atoms with van der Waals surface area (Å²) in [5, 5.41) is 0. The second-order valence-electron chi connectivity index (χ2n) is 7.74. The van der Waals surface area contributed by atoms with Crippen molar-refractivity contribution in [3.63, 3.8) is 0 Å². The zero-order valence-corrected chi connectivity index (χ0v) is 13.3. The molecule has 0 spiro atoms. The summed E-state index contributed by atoms with van der Waals surface area (Å²) in [6, 6.07) is 0. The summed E-state index contributed by atoms with van der Waals surface area (Å²) in [6.07, 6.45) is 24.6. The van der Waals surface area contributed by atoms with E-state index < -0.39 is 0 Å². The van der Waals surface area contributed by atoms with Crippen molar-refractivity contribution in [1.29, 1.82) is 0 Å².